The van der Waals surface area contributed by atoms with Crippen LogP contribution < -0.4 is 24.8 Å². The van der Waals surface area contributed by atoms with E-state index in [4.69, 9.17) is 25.8 Å². The summed E-state index contributed by atoms with van der Waals surface area (Å²) >= 11 is 6.58. The first kappa shape index (κ1) is 29.5. The minimum Gasteiger partial charge on any atom is -0.493 e. The molecule has 1 aliphatic rings. The van der Waals surface area contributed by atoms with Gasteiger partial charge in [0.1, 0.15) is 12.3 Å². The van der Waals surface area contributed by atoms with Crippen LogP contribution in [0.1, 0.15) is 12.5 Å². The maximum Gasteiger partial charge on any atom is 0.294 e. The number of ether oxygens (including phenoxy) is 3. The van der Waals surface area contributed by atoms with E-state index in [-0.39, 0.29) is 11.5 Å². The predicted octanol–water partition coefficient (Wildman–Crippen LogP) is 5.44. The van der Waals surface area contributed by atoms with Crippen molar-refractivity contribution in [3.8, 4) is 17.2 Å². The number of rotatable bonds is 11. The average molecular weight is 596 g/mol. The number of thioether (sulfide) groups is 1. The van der Waals surface area contributed by atoms with Gasteiger partial charge in [0.15, 0.2) is 18.1 Å². The molecule has 3 aromatic rings. The molecular weight excluding hydrogens is 570 g/mol. The van der Waals surface area contributed by atoms with E-state index in [1.165, 1.54) is 13.2 Å². The van der Waals surface area contributed by atoms with Crippen LogP contribution in [-0.4, -0.2) is 54.7 Å². The highest BCUT2D eigenvalue weighted by Gasteiger charge is 2.36. The van der Waals surface area contributed by atoms with Gasteiger partial charge in [0.25, 0.3) is 17.1 Å². The molecule has 0 bridgehead atoms. The summed E-state index contributed by atoms with van der Waals surface area (Å²) in [5, 5.41) is 5.34. The van der Waals surface area contributed by atoms with E-state index in [2.05, 4.69) is 10.6 Å². The monoisotopic (exact) mass is 595 g/mol. The van der Waals surface area contributed by atoms with Gasteiger partial charge in [-0.25, -0.2) is 0 Å². The van der Waals surface area contributed by atoms with Crippen LogP contribution in [0.5, 0.6) is 17.2 Å². The van der Waals surface area contributed by atoms with Crippen molar-refractivity contribution in [3.63, 3.8) is 0 Å². The van der Waals surface area contributed by atoms with Gasteiger partial charge >= 0.3 is 0 Å². The Morgan fingerprint density at radius 2 is 1.68 bits per heavy atom. The zero-order chi connectivity index (χ0) is 29.4. The molecule has 0 atom stereocenters. The third-order valence-corrected chi connectivity index (χ3v) is 6.77. The van der Waals surface area contributed by atoms with E-state index in [1.807, 2.05) is 13.0 Å². The van der Waals surface area contributed by atoms with Crippen LogP contribution >= 0.6 is 23.4 Å². The van der Waals surface area contributed by atoms with Gasteiger partial charge in [0.05, 0.1) is 24.3 Å². The molecule has 1 heterocycles. The highest BCUT2D eigenvalue weighted by atomic mass is 35.5. The van der Waals surface area contributed by atoms with Crippen LogP contribution in [0.15, 0.2) is 71.6 Å². The van der Waals surface area contributed by atoms with Gasteiger partial charge in [0.2, 0.25) is 5.91 Å². The van der Waals surface area contributed by atoms with Gasteiger partial charge in [-0.3, -0.25) is 24.1 Å². The first-order valence-electron chi connectivity index (χ1n) is 12.4. The molecule has 212 valence electrons. The lowest BCUT2D eigenvalue weighted by Gasteiger charge is -2.13. The second-order valence-corrected chi connectivity index (χ2v) is 9.93. The molecule has 0 aliphatic carbocycles. The van der Waals surface area contributed by atoms with Gasteiger partial charge < -0.3 is 24.8 Å². The van der Waals surface area contributed by atoms with Crippen LogP contribution in [-0.2, 0) is 14.4 Å². The van der Waals surface area contributed by atoms with E-state index in [0.29, 0.717) is 45.8 Å². The van der Waals surface area contributed by atoms with Crippen molar-refractivity contribution in [2.45, 2.75) is 6.92 Å². The number of halogens is 1. The Bertz CT molecular complexity index is 1490. The van der Waals surface area contributed by atoms with Gasteiger partial charge in [-0.1, -0.05) is 29.8 Å². The smallest absolute Gasteiger partial charge is 0.294 e. The van der Waals surface area contributed by atoms with E-state index in [0.717, 1.165) is 16.7 Å². The Kier molecular flexibility index (Phi) is 9.88. The van der Waals surface area contributed by atoms with Crippen LogP contribution in [0.3, 0.4) is 0 Å². The average Bonchev–Trinajstić information content (AvgIpc) is 3.21. The summed E-state index contributed by atoms with van der Waals surface area (Å²) in [6, 6.07) is 18.4. The number of carbonyl (C=O) groups excluding carboxylic acids is 4. The molecule has 12 heteroatoms. The molecule has 0 aromatic heterocycles. The van der Waals surface area contributed by atoms with Crippen LogP contribution in [0.4, 0.5) is 16.2 Å². The predicted molar refractivity (Wildman–Crippen MR) is 157 cm³/mol. The number of nitrogens with zero attached hydrogens (tertiary/aromatic N) is 1. The van der Waals surface area contributed by atoms with Gasteiger partial charge in [-0.05, 0) is 78.9 Å². The number of carbonyl (C=O) groups is 4. The number of benzene rings is 3. The highest BCUT2D eigenvalue weighted by Crippen LogP contribution is 2.34. The second-order valence-electron chi connectivity index (χ2n) is 8.50. The summed E-state index contributed by atoms with van der Waals surface area (Å²) < 4.78 is 16.6. The van der Waals surface area contributed by atoms with E-state index in [9.17, 15) is 19.2 Å². The number of nitrogens with one attached hydrogen (secondary N) is 2. The lowest BCUT2D eigenvalue weighted by atomic mass is 10.2. The summed E-state index contributed by atoms with van der Waals surface area (Å²) in [7, 11) is 1.44. The van der Waals surface area contributed by atoms with Crippen molar-refractivity contribution in [2.75, 3.05) is 37.5 Å². The normalized spacial score (nSPS) is 13.7. The minimum absolute atomic E-state index is 0.150. The number of methoxy groups -OCH3 is 1. The molecule has 0 spiro atoms. The molecule has 0 radical (unpaired) electrons. The van der Waals surface area contributed by atoms with Crippen molar-refractivity contribution in [3.05, 3.63) is 82.2 Å². The highest BCUT2D eigenvalue weighted by molar-refractivity contribution is 8.18. The molecule has 2 N–H and O–H groups in total. The van der Waals surface area contributed by atoms with Crippen molar-refractivity contribution >= 4 is 63.8 Å². The maximum atomic E-state index is 12.9. The zero-order valence-corrected chi connectivity index (χ0v) is 23.7. The Morgan fingerprint density at radius 1 is 0.927 bits per heavy atom. The third kappa shape index (κ3) is 7.80. The number of imide groups is 1. The molecule has 1 fully saturated rings. The van der Waals surface area contributed by atoms with E-state index < -0.39 is 29.5 Å². The van der Waals surface area contributed by atoms with Crippen LogP contribution in [0.2, 0.25) is 5.02 Å². The third-order valence-electron chi connectivity index (χ3n) is 5.61. The molecule has 3 aromatic carbocycles. The summed E-state index contributed by atoms with van der Waals surface area (Å²) in [4.78, 5) is 51.3. The lowest BCUT2D eigenvalue weighted by molar-refractivity contribution is -0.127. The molecular formula is C29H26ClN3O7S. The number of amides is 4. The summed E-state index contributed by atoms with van der Waals surface area (Å²) in [6.07, 6.45) is 1.52. The molecule has 0 unspecified atom stereocenters. The molecule has 0 saturated carbocycles. The maximum absolute atomic E-state index is 12.9. The van der Waals surface area contributed by atoms with Crippen LogP contribution in [0, 0.1) is 0 Å². The second kappa shape index (κ2) is 13.7. The Morgan fingerprint density at radius 3 is 2.41 bits per heavy atom. The lowest BCUT2D eigenvalue weighted by Crippen LogP contribution is -2.36. The SMILES string of the molecule is CCOc1ccccc1NC(=O)COc1ccc(/C=C2/SC(=O)N(CC(=O)Nc3ccc(Cl)cc3)C2=O)cc1OC. The number of anilines is 2. The zero-order valence-electron chi connectivity index (χ0n) is 22.1. The van der Waals surface area contributed by atoms with Crippen LogP contribution in [0.25, 0.3) is 6.08 Å². The fraction of sp³-hybridized carbons (Fsp3) is 0.172. The Hall–Kier alpha value is -4.48. The van der Waals surface area contributed by atoms with Crippen molar-refractivity contribution in [1.29, 1.82) is 0 Å². The molecule has 1 saturated heterocycles. The van der Waals surface area contributed by atoms with Gasteiger partial charge in [0, 0.05) is 10.7 Å². The molecule has 1 aliphatic heterocycles. The van der Waals surface area contributed by atoms with Gasteiger partial charge in [-0.2, -0.15) is 0 Å². The van der Waals surface area contributed by atoms with E-state index >= 15 is 0 Å². The number of hydrogen-bond acceptors (Lipinski definition) is 8. The fourth-order valence-corrected chi connectivity index (χ4v) is 4.70. The fourth-order valence-electron chi connectivity index (χ4n) is 3.74. The van der Waals surface area contributed by atoms with Crippen molar-refractivity contribution in [2.24, 2.45) is 0 Å². The van der Waals surface area contributed by atoms with Crippen molar-refractivity contribution in [1.82, 2.24) is 4.90 Å². The standard InChI is InChI=1S/C29H26ClN3O7S/c1-3-39-22-7-5-4-6-21(22)32-27(35)17-40-23-13-8-18(14-24(23)38-2)15-25-28(36)33(29(37)41-25)16-26(34)31-20-11-9-19(30)10-12-20/h4-15H,3,16-17H2,1-2H3,(H,31,34)(H,32,35)/b25-15+. The quantitative estimate of drug-likeness (QED) is 0.281. The summed E-state index contributed by atoms with van der Waals surface area (Å²) in [5.74, 6) is -0.319. The molecule has 4 rings (SSSR count). The Labute approximate surface area is 245 Å². The largest absolute Gasteiger partial charge is 0.493 e. The van der Waals surface area contributed by atoms with Gasteiger partial charge in [-0.15, -0.1) is 0 Å². The van der Waals surface area contributed by atoms with E-state index in [1.54, 1.807) is 60.7 Å². The molecule has 4 amide bonds. The number of hydrogen-bond donors (Lipinski definition) is 2. The summed E-state index contributed by atoms with van der Waals surface area (Å²) in [5.41, 5.74) is 1.58. The van der Waals surface area contributed by atoms with Crippen molar-refractivity contribution < 1.29 is 33.4 Å². The summed E-state index contributed by atoms with van der Waals surface area (Å²) in [6.45, 7) is 1.59. The first-order chi connectivity index (χ1) is 19.8. The first-order valence-corrected chi connectivity index (χ1v) is 13.6. The minimum atomic E-state index is -0.588. The molecule has 41 heavy (non-hydrogen) atoms. The Balaban J connectivity index is 1.37. The number of para-hydroxylation sites is 2. The topological polar surface area (TPSA) is 123 Å². The molecule has 10 nitrogen and oxygen atoms in total.